The lowest BCUT2D eigenvalue weighted by molar-refractivity contribution is 0.769. The van der Waals surface area contributed by atoms with Gasteiger partial charge >= 0.3 is 0 Å². The van der Waals surface area contributed by atoms with Crippen LogP contribution in [0.4, 0.5) is 0 Å². The molecule has 0 amide bonds. The van der Waals surface area contributed by atoms with Gasteiger partial charge in [-0.1, -0.05) is 13.3 Å². The quantitative estimate of drug-likeness (QED) is 0.617. The second kappa shape index (κ2) is 3.40. The Morgan fingerprint density at radius 3 is 3.10 bits per heavy atom. The van der Waals surface area contributed by atoms with Gasteiger partial charge < -0.3 is 5.43 Å². The molecule has 2 nitrogen and oxygen atoms in total. The number of hydrogen-bond donors (Lipinski definition) is 1. The summed E-state index contributed by atoms with van der Waals surface area (Å²) >= 11 is 0. The molecule has 0 atom stereocenters. The van der Waals surface area contributed by atoms with Gasteiger partial charge in [0.1, 0.15) is 0 Å². The van der Waals surface area contributed by atoms with Crippen LogP contribution in [0.3, 0.4) is 0 Å². The van der Waals surface area contributed by atoms with E-state index in [9.17, 15) is 0 Å². The standard InChI is InChI=1S/C8H14N2/c1-3-4-8-6-10-9-5-7(8)2/h6,9H,3-5H2,1-2H3. The summed E-state index contributed by atoms with van der Waals surface area (Å²) < 4.78 is 0. The largest absolute Gasteiger partial charge is 0.306 e. The van der Waals surface area contributed by atoms with Crippen LogP contribution in [0.25, 0.3) is 0 Å². The van der Waals surface area contributed by atoms with Crippen molar-refractivity contribution in [3.05, 3.63) is 11.1 Å². The number of allylic oxidation sites excluding steroid dienone is 1. The summed E-state index contributed by atoms with van der Waals surface area (Å²) in [5.41, 5.74) is 5.77. The van der Waals surface area contributed by atoms with E-state index in [4.69, 9.17) is 0 Å². The summed E-state index contributed by atoms with van der Waals surface area (Å²) in [5, 5.41) is 3.99. The molecule has 0 saturated carbocycles. The van der Waals surface area contributed by atoms with Gasteiger partial charge in [0, 0.05) is 6.21 Å². The van der Waals surface area contributed by atoms with Crippen LogP contribution < -0.4 is 5.43 Å². The Kier molecular flexibility index (Phi) is 2.49. The van der Waals surface area contributed by atoms with Gasteiger partial charge in [-0.3, -0.25) is 0 Å². The Labute approximate surface area is 62.0 Å². The normalized spacial score (nSPS) is 17.4. The zero-order valence-corrected chi connectivity index (χ0v) is 6.65. The Morgan fingerprint density at radius 2 is 2.50 bits per heavy atom. The maximum atomic E-state index is 3.99. The molecule has 1 heterocycles. The summed E-state index contributed by atoms with van der Waals surface area (Å²) in [7, 11) is 0. The first-order valence-corrected chi connectivity index (χ1v) is 3.79. The van der Waals surface area contributed by atoms with Crippen LogP contribution in [-0.4, -0.2) is 12.8 Å². The molecule has 0 radical (unpaired) electrons. The van der Waals surface area contributed by atoms with Crippen molar-refractivity contribution in [3.63, 3.8) is 0 Å². The van der Waals surface area contributed by atoms with E-state index in [0.717, 1.165) is 13.0 Å². The molecule has 56 valence electrons. The van der Waals surface area contributed by atoms with Gasteiger partial charge in [-0.2, -0.15) is 5.10 Å². The molecule has 1 aliphatic heterocycles. The van der Waals surface area contributed by atoms with Crippen molar-refractivity contribution in [2.75, 3.05) is 6.54 Å². The summed E-state index contributed by atoms with van der Waals surface area (Å²) in [6.45, 7) is 5.27. The molecule has 0 aromatic heterocycles. The van der Waals surface area contributed by atoms with Crippen molar-refractivity contribution in [2.24, 2.45) is 5.10 Å². The molecule has 0 bridgehead atoms. The summed E-state index contributed by atoms with van der Waals surface area (Å²) in [6.07, 6.45) is 4.30. The third kappa shape index (κ3) is 1.59. The highest BCUT2D eigenvalue weighted by Gasteiger charge is 2.01. The number of rotatable bonds is 2. The smallest absolute Gasteiger partial charge is 0.0543 e. The minimum absolute atomic E-state index is 0.922. The molecule has 0 aliphatic carbocycles. The predicted molar refractivity (Wildman–Crippen MR) is 44.1 cm³/mol. The SMILES string of the molecule is CCCC1=C(C)CNN=C1. The van der Waals surface area contributed by atoms with Crippen molar-refractivity contribution in [3.8, 4) is 0 Å². The molecule has 0 aromatic carbocycles. The average molecular weight is 138 g/mol. The van der Waals surface area contributed by atoms with Crippen LogP contribution in [0.15, 0.2) is 16.2 Å². The first-order chi connectivity index (χ1) is 4.84. The van der Waals surface area contributed by atoms with Gasteiger partial charge in [-0.25, -0.2) is 0 Å². The fourth-order valence-electron chi connectivity index (χ4n) is 1.06. The minimum atomic E-state index is 0.922. The summed E-state index contributed by atoms with van der Waals surface area (Å²) in [6, 6.07) is 0. The lowest BCUT2D eigenvalue weighted by atomic mass is 10.1. The number of hydrazone groups is 1. The van der Waals surface area contributed by atoms with E-state index in [1.54, 1.807) is 0 Å². The van der Waals surface area contributed by atoms with Gasteiger partial charge in [-0.05, 0) is 24.5 Å². The topological polar surface area (TPSA) is 24.4 Å². The van der Waals surface area contributed by atoms with Crippen molar-refractivity contribution >= 4 is 6.21 Å². The van der Waals surface area contributed by atoms with E-state index < -0.39 is 0 Å². The highest BCUT2D eigenvalue weighted by Crippen LogP contribution is 2.10. The Bertz CT molecular complexity index is 168. The van der Waals surface area contributed by atoms with Crippen molar-refractivity contribution in [2.45, 2.75) is 26.7 Å². The lowest BCUT2D eigenvalue weighted by Crippen LogP contribution is -2.15. The summed E-state index contributed by atoms with van der Waals surface area (Å²) in [4.78, 5) is 0. The first-order valence-electron chi connectivity index (χ1n) is 3.79. The molecular formula is C8H14N2. The Hall–Kier alpha value is -0.790. The van der Waals surface area contributed by atoms with Crippen LogP contribution >= 0.6 is 0 Å². The van der Waals surface area contributed by atoms with Gasteiger partial charge in [-0.15, -0.1) is 0 Å². The first kappa shape index (κ1) is 7.32. The van der Waals surface area contributed by atoms with Gasteiger partial charge in [0.05, 0.1) is 6.54 Å². The van der Waals surface area contributed by atoms with Crippen LogP contribution in [0.1, 0.15) is 26.7 Å². The molecule has 10 heavy (non-hydrogen) atoms. The third-order valence-corrected chi connectivity index (χ3v) is 1.72. The molecule has 0 unspecified atom stereocenters. The zero-order chi connectivity index (χ0) is 7.40. The van der Waals surface area contributed by atoms with E-state index in [0.29, 0.717) is 0 Å². The van der Waals surface area contributed by atoms with E-state index in [1.165, 1.54) is 17.6 Å². The highest BCUT2D eigenvalue weighted by molar-refractivity contribution is 5.80. The third-order valence-electron chi connectivity index (χ3n) is 1.72. The maximum Gasteiger partial charge on any atom is 0.0543 e. The fraction of sp³-hybridized carbons (Fsp3) is 0.625. The van der Waals surface area contributed by atoms with E-state index in [1.807, 2.05) is 6.21 Å². The molecule has 1 aliphatic rings. The van der Waals surface area contributed by atoms with Crippen molar-refractivity contribution < 1.29 is 0 Å². The Balaban J connectivity index is 2.60. The van der Waals surface area contributed by atoms with E-state index in [2.05, 4.69) is 24.4 Å². The van der Waals surface area contributed by atoms with Crippen LogP contribution in [0.2, 0.25) is 0 Å². The lowest BCUT2D eigenvalue weighted by Gasteiger charge is -2.11. The van der Waals surface area contributed by atoms with Crippen molar-refractivity contribution in [1.29, 1.82) is 0 Å². The second-order valence-electron chi connectivity index (χ2n) is 2.65. The maximum absolute atomic E-state index is 3.99. The van der Waals surface area contributed by atoms with Crippen LogP contribution in [0.5, 0.6) is 0 Å². The molecule has 0 fully saturated rings. The van der Waals surface area contributed by atoms with Crippen LogP contribution in [0, 0.1) is 0 Å². The molecule has 1 N–H and O–H groups in total. The monoisotopic (exact) mass is 138 g/mol. The van der Waals surface area contributed by atoms with E-state index >= 15 is 0 Å². The molecule has 0 aromatic rings. The van der Waals surface area contributed by atoms with Crippen LogP contribution in [-0.2, 0) is 0 Å². The number of nitrogens with zero attached hydrogens (tertiary/aromatic N) is 1. The molecule has 1 rings (SSSR count). The number of hydrogen-bond acceptors (Lipinski definition) is 2. The van der Waals surface area contributed by atoms with Gasteiger partial charge in [0.2, 0.25) is 0 Å². The van der Waals surface area contributed by atoms with Gasteiger partial charge in [0.25, 0.3) is 0 Å². The minimum Gasteiger partial charge on any atom is -0.306 e. The second-order valence-corrected chi connectivity index (χ2v) is 2.65. The summed E-state index contributed by atoms with van der Waals surface area (Å²) in [5.74, 6) is 0. The average Bonchev–Trinajstić information content (AvgIpc) is 1.94. The Morgan fingerprint density at radius 1 is 1.70 bits per heavy atom. The van der Waals surface area contributed by atoms with Gasteiger partial charge in [0.15, 0.2) is 0 Å². The molecule has 0 spiro atoms. The molecular weight excluding hydrogens is 124 g/mol. The van der Waals surface area contributed by atoms with Crippen molar-refractivity contribution in [1.82, 2.24) is 5.43 Å². The highest BCUT2D eigenvalue weighted by atomic mass is 15.3. The number of nitrogens with one attached hydrogen (secondary N) is 1. The zero-order valence-electron chi connectivity index (χ0n) is 6.65. The predicted octanol–water partition coefficient (Wildman–Crippen LogP) is 1.69. The molecule has 2 heteroatoms. The fourth-order valence-corrected chi connectivity index (χ4v) is 1.06. The molecule has 0 saturated heterocycles. The van der Waals surface area contributed by atoms with E-state index in [-0.39, 0.29) is 0 Å².